The number of rotatable bonds is 0. The minimum absolute atomic E-state index is 0.203. The molecule has 5 atom stereocenters. The van der Waals surface area contributed by atoms with Gasteiger partial charge in [0.1, 0.15) is 30.5 Å². The van der Waals surface area contributed by atoms with Gasteiger partial charge in [-0.3, -0.25) is 0 Å². The molecule has 0 bridgehead atoms. The topological polar surface area (TPSA) is 66.4 Å². The molecule has 3 rings (SSSR count). The molecule has 0 amide bonds. The molecule has 0 radical (unpaired) electrons. The molecule has 3 aliphatic rings. The second-order valence-electron chi connectivity index (χ2n) is 6.30. The second-order valence-corrected chi connectivity index (χ2v) is 6.30. The molecule has 0 aliphatic carbocycles. The van der Waals surface area contributed by atoms with Gasteiger partial charge >= 0.3 is 0 Å². The smallest absolute Gasteiger partial charge is 0.164 e. The van der Waals surface area contributed by atoms with Crippen LogP contribution in [0.15, 0.2) is 0 Å². The average molecular weight is 274 g/mol. The highest BCUT2D eigenvalue weighted by atomic mass is 16.8. The molecule has 0 spiro atoms. The van der Waals surface area contributed by atoms with Crippen LogP contribution in [0, 0.1) is 0 Å². The Morgan fingerprint density at radius 1 is 0.842 bits per heavy atom. The van der Waals surface area contributed by atoms with E-state index < -0.39 is 23.8 Å². The summed E-state index contributed by atoms with van der Waals surface area (Å²) in [4.78, 5) is 0. The van der Waals surface area contributed by atoms with Crippen LogP contribution in [0.4, 0.5) is 0 Å². The van der Waals surface area contributed by atoms with Crippen molar-refractivity contribution in [2.75, 3.05) is 13.2 Å². The lowest BCUT2D eigenvalue weighted by Crippen LogP contribution is -2.55. The van der Waals surface area contributed by atoms with Gasteiger partial charge in [0.05, 0.1) is 13.2 Å². The summed E-state index contributed by atoms with van der Waals surface area (Å²) in [7, 11) is 0. The monoisotopic (exact) mass is 274 g/mol. The van der Waals surface area contributed by atoms with E-state index in [-0.39, 0.29) is 24.9 Å². The van der Waals surface area contributed by atoms with Crippen LogP contribution in [0.5, 0.6) is 0 Å². The van der Waals surface area contributed by atoms with Crippen LogP contribution in [-0.4, -0.2) is 60.4 Å². The van der Waals surface area contributed by atoms with E-state index in [1.54, 1.807) is 0 Å². The molecule has 0 aromatic carbocycles. The summed E-state index contributed by atoms with van der Waals surface area (Å²) in [5, 5.41) is 10.1. The summed E-state index contributed by atoms with van der Waals surface area (Å²) in [6.45, 7) is 8.04. The number of hydrogen-bond acceptors (Lipinski definition) is 6. The number of aliphatic hydroxyl groups is 1. The number of fused-ring (bicyclic) bond motifs is 3. The predicted octanol–water partition coefficient (Wildman–Crippen LogP) is 0.418. The van der Waals surface area contributed by atoms with Gasteiger partial charge in [-0.15, -0.1) is 0 Å². The molecule has 6 heteroatoms. The van der Waals surface area contributed by atoms with Crippen molar-refractivity contribution in [2.45, 2.75) is 69.8 Å². The maximum atomic E-state index is 10.1. The van der Waals surface area contributed by atoms with Crippen molar-refractivity contribution in [3.8, 4) is 0 Å². The molecule has 19 heavy (non-hydrogen) atoms. The molecule has 3 heterocycles. The Kier molecular flexibility index (Phi) is 3.16. The molecule has 4 unspecified atom stereocenters. The largest absolute Gasteiger partial charge is 0.388 e. The summed E-state index contributed by atoms with van der Waals surface area (Å²) < 4.78 is 28.9. The quantitative estimate of drug-likeness (QED) is 0.690. The van der Waals surface area contributed by atoms with Gasteiger partial charge in [0.15, 0.2) is 11.6 Å². The molecule has 6 nitrogen and oxygen atoms in total. The maximum Gasteiger partial charge on any atom is 0.164 e. The Hall–Kier alpha value is -0.240. The molecule has 110 valence electrons. The summed E-state index contributed by atoms with van der Waals surface area (Å²) in [5.74, 6) is -1.40. The molecular formula is C13H22O6. The fraction of sp³-hybridized carbons (Fsp3) is 1.00. The predicted molar refractivity (Wildman–Crippen MR) is 64.5 cm³/mol. The lowest BCUT2D eigenvalue weighted by molar-refractivity contribution is -0.325. The van der Waals surface area contributed by atoms with Crippen molar-refractivity contribution in [2.24, 2.45) is 0 Å². The molecular weight excluding hydrogens is 252 g/mol. The van der Waals surface area contributed by atoms with E-state index in [0.29, 0.717) is 6.61 Å². The maximum absolute atomic E-state index is 10.1. The fourth-order valence-electron chi connectivity index (χ4n) is 2.92. The first kappa shape index (κ1) is 13.7. The van der Waals surface area contributed by atoms with Crippen molar-refractivity contribution in [3.63, 3.8) is 0 Å². The van der Waals surface area contributed by atoms with Gasteiger partial charge in [0.25, 0.3) is 0 Å². The minimum Gasteiger partial charge on any atom is -0.388 e. The van der Waals surface area contributed by atoms with E-state index in [2.05, 4.69) is 0 Å². The van der Waals surface area contributed by atoms with E-state index in [0.717, 1.165) is 0 Å². The molecule has 0 aromatic rings. The van der Waals surface area contributed by atoms with Crippen molar-refractivity contribution < 1.29 is 28.8 Å². The van der Waals surface area contributed by atoms with Crippen molar-refractivity contribution >= 4 is 0 Å². The average Bonchev–Trinajstić information content (AvgIpc) is 2.57. The zero-order chi connectivity index (χ0) is 13.8. The van der Waals surface area contributed by atoms with Crippen molar-refractivity contribution in [1.82, 2.24) is 0 Å². The van der Waals surface area contributed by atoms with Gasteiger partial charge in [-0.25, -0.2) is 0 Å². The van der Waals surface area contributed by atoms with Gasteiger partial charge in [-0.1, -0.05) is 0 Å². The Balaban J connectivity index is 1.87. The first-order valence-electron chi connectivity index (χ1n) is 6.74. The zero-order valence-corrected chi connectivity index (χ0v) is 11.8. The van der Waals surface area contributed by atoms with Crippen LogP contribution in [-0.2, 0) is 23.7 Å². The van der Waals surface area contributed by atoms with Gasteiger partial charge in [0.2, 0.25) is 0 Å². The highest BCUT2D eigenvalue weighted by Crippen LogP contribution is 2.39. The molecule has 1 N–H and O–H groups in total. The summed E-state index contributed by atoms with van der Waals surface area (Å²) in [6.07, 6.45) is -2.04. The van der Waals surface area contributed by atoms with Crippen molar-refractivity contribution in [3.05, 3.63) is 0 Å². The Morgan fingerprint density at radius 3 is 2.21 bits per heavy atom. The van der Waals surface area contributed by atoms with Gasteiger partial charge in [0, 0.05) is 0 Å². The SMILES string of the molecule is CC1(C)OC2C(O)COC3COC(C)(C)O[C@H]3C2O1. The zero-order valence-electron chi connectivity index (χ0n) is 11.8. The van der Waals surface area contributed by atoms with Crippen LogP contribution >= 0.6 is 0 Å². The van der Waals surface area contributed by atoms with E-state index in [4.69, 9.17) is 23.7 Å². The van der Waals surface area contributed by atoms with E-state index in [1.807, 2.05) is 27.7 Å². The Bertz CT molecular complexity index is 353. The van der Waals surface area contributed by atoms with E-state index >= 15 is 0 Å². The molecule has 3 fully saturated rings. The summed E-state index contributed by atoms with van der Waals surface area (Å²) in [6, 6.07) is 0. The summed E-state index contributed by atoms with van der Waals surface area (Å²) >= 11 is 0. The third-order valence-corrected chi connectivity index (χ3v) is 3.73. The van der Waals surface area contributed by atoms with Crippen LogP contribution in [0.3, 0.4) is 0 Å². The molecule has 3 aliphatic heterocycles. The third-order valence-electron chi connectivity index (χ3n) is 3.73. The standard InChI is InChI=1S/C13H22O6/c1-12(2)16-6-8-10(18-12)11-9(7(14)5-15-8)17-13(3,4)19-11/h7-11,14H,5-6H2,1-4H3/t7?,8?,9?,10-,11?/m1/s1. The fourth-order valence-corrected chi connectivity index (χ4v) is 2.92. The number of hydrogen-bond donors (Lipinski definition) is 1. The first-order valence-corrected chi connectivity index (χ1v) is 6.74. The minimum atomic E-state index is -0.718. The third kappa shape index (κ3) is 2.53. The second kappa shape index (κ2) is 4.38. The lowest BCUT2D eigenvalue weighted by Gasteiger charge is -2.42. The highest BCUT2D eigenvalue weighted by molar-refractivity contribution is 4.98. The van der Waals surface area contributed by atoms with Crippen LogP contribution in [0.2, 0.25) is 0 Å². The molecule has 0 aromatic heterocycles. The highest BCUT2D eigenvalue weighted by Gasteiger charge is 2.55. The van der Waals surface area contributed by atoms with Crippen LogP contribution in [0.25, 0.3) is 0 Å². The molecule has 3 saturated heterocycles. The Labute approximate surface area is 112 Å². The summed E-state index contributed by atoms with van der Waals surface area (Å²) in [5.41, 5.74) is 0. The van der Waals surface area contributed by atoms with Crippen molar-refractivity contribution in [1.29, 1.82) is 0 Å². The van der Waals surface area contributed by atoms with Gasteiger partial charge in [-0.2, -0.15) is 0 Å². The number of ether oxygens (including phenoxy) is 5. The van der Waals surface area contributed by atoms with E-state index in [9.17, 15) is 5.11 Å². The number of aliphatic hydroxyl groups excluding tert-OH is 1. The van der Waals surface area contributed by atoms with Gasteiger partial charge < -0.3 is 28.8 Å². The first-order chi connectivity index (χ1) is 8.77. The Morgan fingerprint density at radius 2 is 1.47 bits per heavy atom. The van der Waals surface area contributed by atoms with Gasteiger partial charge in [-0.05, 0) is 27.7 Å². The van der Waals surface area contributed by atoms with E-state index in [1.165, 1.54) is 0 Å². The lowest BCUT2D eigenvalue weighted by atomic mass is 10.00. The van der Waals surface area contributed by atoms with Crippen LogP contribution in [0.1, 0.15) is 27.7 Å². The van der Waals surface area contributed by atoms with Crippen LogP contribution < -0.4 is 0 Å². The normalized spacial score (nSPS) is 48.2. The molecule has 0 saturated carbocycles.